The lowest BCUT2D eigenvalue weighted by molar-refractivity contribution is -0.161. The number of hydrogen-bond donors (Lipinski definition) is 3. The molecule has 0 radical (unpaired) electrons. The van der Waals surface area contributed by atoms with Gasteiger partial charge in [-0.15, -0.1) is 0 Å². The molecule has 0 aliphatic carbocycles. The summed E-state index contributed by atoms with van der Waals surface area (Å²) in [5.74, 6) is 0.200. The lowest BCUT2D eigenvalue weighted by atomic mass is 10.00. The highest BCUT2D eigenvalue weighted by atomic mass is 31.2. The van der Waals surface area contributed by atoms with Gasteiger partial charge in [0.05, 0.1) is 26.4 Å². The van der Waals surface area contributed by atoms with E-state index < -0.39 is 97.5 Å². The summed E-state index contributed by atoms with van der Waals surface area (Å²) in [6.07, 6.45) is 64.7. The van der Waals surface area contributed by atoms with Crippen molar-refractivity contribution in [3.05, 3.63) is 24.3 Å². The van der Waals surface area contributed by atoms with E-state index in [1.54, 1.807) is 0 Å². The van der Waals surface area contributed by atoms with Crippen molar-refractivity contribution in [2.45, 2.75) is 426 Å². The highest BCUT2D eigenvalue weighted by molar-refractivity contribution is 7.47. The largest absolute Gasteiger partial charge is 0.472 e. The Labute approximate surface area is 624 Å². The van der Waals surface area contributed by atoms with E-state index in [2.05, 4.69) is 72.8 Å². The standard InChI is InChI=1S/C83H158O17P2/c1-8-10-11-12-13-14-15-16-20-28-33-38-43-52-59-67-83(88)100-79(71-94-81(86)65-58-51-46-45-49-56-63-76(7)9-2)73-98-102(91,92)96-69-77(84)68-95-101(89,90)97-72-78(99-82(87)66-60-53-44-39-34-29-24-19-22-26-31-36-41-48-55-62-75(5)6)70-93-80(85)64-57-50-42-37-32-27-23-18-17-21-25-30-35-40-47-54-61-74(3)4/h14-16,20,74-79,84H,8-13,17-19,21-73H2,1-7H3,(H,89,90)(H,91,92)/b15-14-,20-16-/t76?,77-,78-,79-/m1/s1. The lowest BCUT2D eigenvalue weighted by Gasteiger charge is -2.21. The van der Waals surface area contributed by atoms with E-state index in [9.17, 15) is 43.2 Å². The molecule has 0 saturated carbocycles. The van der Waals surface area contributed by atoms with Crippen LogP contribution in [0.3, 0.4) is 0 Å². The zero-order valence-electron chi connectivity index (χ0n) is 66.6. The molecule has 17 nitrogen and oxygen atoms in total. The Morgan fingerprint density at radius 3 is 0.873 bits per heavy atom. The quantitative estimate of drug-likeness (QED) is 0.0169. The number of hydrogen-bond acceptors (Lipinski definition) is 15. The number of allylic oxidation sites excluding steroid dienone is 4. The van der Waals surface area contributed by atoms with E-state index in [0.717, 1.165) is 127 Å². The molecule has 602 valence electrons. The van der Waals surface area contributed by atoms with E-state index >= 15 is 0 Å². The SMILES string of the molecule is CCCCCC/C=C\C=C/CCCCCCCC(=O)O[C@H](COC(=O)CCCCCCCCC(C)CC)COP(=O)(O)OC[C@H](O)COP(=O)(O)OC[C@@H](COC(=O)CCCCCCCCCCCCCCCCCCC(C)C)OC(=O)CCCCCCCCCCCCCCCCCC(C)C. The zero-order chi connectivity index (χ0) is 75.1. The lowest BCUT2D eigenvalue weighted by Crippen LogP contribution is -2.30. The number of unbranched alkanes of at least 4 members (excludes halogenated alkanes) is 43. The molecule has 0 bridgehead atoms. The molecule has 19 heteroatoms. The number of ether oxygens (including phenoxy) is 4. The Hall–Kier alpha value is -2.46. The summed E-state index contributed by atoms with van der Waals surface area (Å²) in [5.41, 5.74) is 0. The van der Waals surface area contributed by atoms with Gasteiger partial charge in [-0.2, -0.15) is 0 Å². The number of carbonyl (C=O) groups is 4. The Balaban J connectivity index is 5.27. The summed E-state index contributed by atoms with van der Waals surface area (Å²) in [4.78, 5) is 73.1. The maximum absolute atomic E-state index is 13.1. The van der Waals surface area contributed by atoms with Gasteiger partial charge in [-0.1, -0.05) is 355 Å². The van der Waals surface area contributed by atoms with Gasteiger partial charge in [0.25, 0.3) is 0 Å². The minimum absolute atomic E-state index is 0.0841. The van der Waals surface area contributed by atoms with E-state index in [4.69, 9.17) is 37.0 Å². The van der Waals surface area contributed by atoms with Crippen LogP contribution in [0, 0.1) is 17.8 Å². The molecule has 102 heavy (non-hydrogen) atoms. The Morgan fingerprint density at radius 2 is 0.578 bits per heavy atom. The van der Waals surface area contributed by atoms with Crippen LogP contribution in [0.5, 0.6) is 0 Å². The van der Waals surface area contributed by atoms with E-state index in [-0.39, 0.29) is 25.7 Å². The van der Waals surface area contributed by atoms with Crippen LogP contribution in [-0.2, 0) is 65.4 Å². The van der Waals surface area contributed by atoms with Crippen LogP contribution >= 0.6 is 15.6 Å². The van der Waals surface area contributed by atoms with E-state index in [0.29, 0.717) is 25.7 Å². The number of carbonyl (C=O) groups excluding carboxylic acids is 4. The van der Waals surface area contributed by atoms with Gasteiger partial charge in [0, 0.05) is 25.7 Å². The number of aliphatic hydroxyl groups excluding tert-OH is 1. The van der Waals surface area contributed by atoms with Crippen molar-refractivity contribution in [2.75, 3.05) is 39.6 Å². The smallest absolute Gasteiger partial charge is 0.462 e. The predicted molar refractivity (Wildman–Crippen MR) is 418 cm³/mol. The van der Waals surface area contributed by atoms with Crippen LogP contribution in [0.1, 0.15) is 408 Å². The molecular formula is C83H158O17P2. The summed E-state index contributed by atoms with van der Waals surface area (Å²) in [6, 6.07) is 0. The molecule has 0 aliphatic rings. The van der Waals surface area contributed by atoms with Crippen molar-refractivity contribution in [1.29, 1.82) is 0 Å². The molecule has 0 amide bonds. The molecule has 6 atom stereocenters. The molecule has 0 aromatic heterocycles. The molecule has 3 N–H and O–H groups in total. The van der Waals surface area contributed by atoms with Crippen LogP contribution in [0.15, 0.2) is 24.3 Å². The molecule has 0 fully saturated rings. The first-order chi connectivity index (χ1) is 49.3. The predicted octanol–water partition coefficient (Wildman–Crippen LogP) is 24.5. The van der Waals surface area contributed by atoms with Gasteiger partial charge in [0.1, 0.15) is 19.3 Å². The Morgan fingerprint density at radius 1 is 0.324 bits per heavy atom. The molecule has 0 aliphatic heterocycles. The maximum atomic E-state index is 13.1. The monoisotopic (exact) mass is 1490 g/mol. The summed E-state index contributed by atoms with van der Waals surface area (Å²) >= 11 is 0. The van der Waals surface area contributed by atoms with E-state index in [1.165, 1.54) is 199 Å². The van der Waals surface area contributed by atoms with Crippen LogP contribution in [0.25, 0.3) is 0 Å². The average molecular weight is 1490 g/mol. The third-order valence-electron chi connectivity index (χ3n) is 19.1. The number of aliphatic hydroxyl groups is 1. The van der Waals surface area contributed by atoms with Crippen LogP contribution in [-0.4, -0.2) is 96.7 Å². The fourth-order valence-corrected chi connectivity index (χ4v) is 13.8. The van der Waals surface area contributed by atoms with Crippen molar-refractivity contribution >= 4 is 39.5 Å². The number of phosphoric acid groups is 2. The second-order valence-corrected chi connectivity index (χ2v) is 33.3. The fraction of sp³-hybridized carbons (Fsp3) is 0.904. The minimum atomic E-state index is -4.97. The Bertz CT molecular complexity index is 2070. The van der Waals surface area contributed by atoms with Crippen LogP contribution in [0.2, 0.25) is 0 Å². The van der Waals surface area contributed by atoms with Crippen LogP contribution < -0.4 is 0 Å². The minimum Gasteiger partial charge on any atom is -0.462 e. The van der Waals surface area contributed by atoms with Crippen molar-refractivity contribution in [3.63, 3.8) is 0 Å². The molecule has 0 rings (SSSR count). The molecule has 0 saturated heterocycles. The number of rotatable bonds is 79. The van der Waals surface area contributed by atoms with Gasteiger partial charge in [-0.3, -0.25) is 37.3 Å². The normalized spacial score (nSPS) is 14.4. The molecule has 0 spiro atoms. The highest BCUT2D eigenvalue weighted by Gasteiger charge is 2.30. The summed E-state index contributed by atoms with van der Waals surface area (Å²) in [6.45, 7) is 11.9. The second-order valence-electron chi connectivity index (χ2n) is 30.4. The van der Waals surface area contributed by atoms with Gasteiger partial charge >= 0.3 is 39.5 Å². The van der Waals surface area contributed by atoms with Gasteiger partial charge in [0.15, 0.2) is 12.2 Å². The zero-order valence-corrected chi connectivity index (χ0v) is 68.4. The molecule has 0 heterocycles. The first-order valence-corrected chi connectivity index (χ1v) is 45.2. The van der Waals surface area contributed by atoms with Gasteiger partial charge in [-0.05, 0) is 69.1 Å². The third-order valence-corrected chi connectivity index (χ3v) is 21.0. The van der Waals surface area contributed by atoms with E-state index in [1.807, 2.05) is 0 Å². The van der Waals surface area contributed by atoms with Crippen molar-refractivity contribution < 1.29 is 80.2 Å². The molecule has 3 unspecified atom stereocenters. The first-order valence-electron chi connectivity index (χ1n) is 42.2. The van der Waals surface area contributed by atoms with Crippen molar-refractivity contribution in [3.8, 4) is 0 Å². The third kappa shape index (κ3) is 74.4. The van der Waals surface area contributed by atoms with Crippen LogP contribution in [0.4, 0.5) is 0 Å². The second kappa shape index (κ2) is 72.7. The van der Waals surface area contributed by atoms with Crippen molar-refractivity contribution in [2.24, 2.45) is 17.8 Å². The molecular weight excluding hydrogens is 1330 g/mol. The first kappa shape index (κ1) is 99.5. The summed E-state index contributed by atoms with van der Waals surface area (Å²) < 4.78 is 68.7. The van der Waals surface area contributed by atoms with Gasteiger partial charge in [-0.25, -0.2) is 9.13 Å². The summed E-state index contributed by atoms with van der Waals surface area (Å²) in [7, 11) is -9.94. The van der Waals surface area contributed by atoms with Gasteiger partial charge in [0.2, 0.25) is 0 Å². The maximum Gasteiger partial charge on any atom is 0.472 e. The Kier molecular flexibility index (Phi) is 71.0. The average Bonchev–Trinajstić information content (AvgIpc) is 0.946. The topological polar surface area (TPSA) is 237 Å². The van der Waals surface area contributed by atoms with Crippen molar-refractivity contribution in [1.82, 2.24) is 0 Å². The van der Waals surface area contributed by atoms with Gasteiger partial charge < -0.3 is 33.8 Å². The molecule has 0 aromatic rings. The molecule has 0 aromatic carbocycles. The summed E-state index contributed by atoms with van der Waals surface area (Å²) in [5, 5.41) is 10.6. The fourth-order valence-electron chi connectivity index (χ4n) is 12.3. The number of esters is 4. The number of phosphoric ester groups is 2. The highest BCUT2D eigenvalue weighted by Crippen LogP contribution is 2.45.